The summed E-state index contributed by atoms with van der Waals surface area (Å²) in [5.74, 6) is 0.381. The van der Waals surface area contributed by atoms with Crippen LogP contribution in [0.25, 0.3) is 0 Å². The summed E-state index contributed by atoms with van der Waals surface area (Å²) in [6.45, 7) is 2.86. The van der Waals surface area contributed by atoms with Crippen molar-refractivity contribution < 1.29 is 0 Å². The predicted octanol–water partition coefficient (Wildman–Crippen LogP) is 3.15. The van der Waals surface area contributed by atoms with Crippen LogP contribution in [0.3, 0.4) is 0 Å². The summed E-state index contributed by atoms with van der Waals surface area (Å²) < 4.78 is 0. The van der Waals surface area contributed by atoms with Crippen molar-refractivity contribution in [2.45, 2.75) is 18.8 Å². The molecule has 1 fully saturated rings. The number of nitrogens with two attached hydrogens (primary N) is 1. The molecule has 0 atom stereocenters. The number of benzene rings is 2. The summed E-state index contributed by atoms with van der Waals surface area (Å²) in [6.07, 6.45) is 2.27. The highest BCUT2D eigenvalue weighted by Crippen LogP contribution is 2.46. The topological polar surface area (TPSA) is 38.0 Å². The molecule has 2 aromatic rings. The maximum Gasteiger partial charge on any atom is 0.0159 e. The van der Waals surface area contributed by atoms with Crippen molar-refractivity contribution >= 4 is 0 Å². The largest absolute Gasteiger partial charge is 0.330 e. The fourth-order valence-electron chi connectivity index (χ4n) is 3.73. The second-order valence-corrected chi connectivity index (χ2v) is 6.07. The molecule has 0 bridgehead atoms. The van der Waals surface area contributed by atoms with Gasteiger partial charge in [0.1, 0.15) is 0 Å². The summed E-state index contributed by atoms with van der Waals surface area (Å²) in [7, 11) is 0. The SMILES string of the molecule is NCC1(C(c2ccccc2)c2ccccc2)CCNCC1. The Morgan fingerprint density at radius 1 is 0.857 bits per heavy atom. The Morgan fingerprint density at radius 2 is 1.33 bits per heavy atom. The lowest BCUT2D eigenvalue weighted by Gasteiger charge is -2.44. The van der Waals surface area contributed by atoms with Gasteiger partial charge in [-0.15, -0.1) is 0 Å². The van der Waals surface area contributed by atoms with Gasteiger partial charge < -0.3 is 11.1 Å². The second-order valence-electron chi connectivity index (χ2n) is 6.07. The van der Waals surface area contributed by atoms with E-state index in [0.29, 0.717) is 5.92 Å². The fraction of sp³-hybridized carbons (Fsp3) is 0.368. The van der Waals surface area contributed by atoms with Crippen LogP contribution in [0.1, 0.15) is 29.9 Å². The van der Waals surface area contributed by atoms with Crippen molar-refractivity contribution in [3.8, 4) is 0 Å². The number of nitrogens with one attached hydrogen (secondary N) is 1. The maximum atomic E-state index is 6.29. The lowest BCUT2D eigenvalue weighted by molar-refractivity contribution is 0.182. The van der Waals surface area contributed by atoms with E-state index in [9.17, 15) is 0 Å². The van der Waals surface area contributed by atoms with Crippen molar-refractivity contribution in [3.63, 3.8) is 0 Å². The molecule has 3 rings (SSSR count). The molecule has 3 N–H and O–H groups in total. The zero-order chi connectivity index (χ0) is 14.5. The van der Waals surface area contributed by atoms with E-state index in [1.807, 2.05) is 0 Å². The summed E-state index contributed by atoms with van der Waals surface area (Å²) >= 11 is 0. The molecule has 1 saturated heterocycles. The Balaban J connectivity index is 2.07. The van der Waals surface area contributed by atoms with Gasteiger partial charge in [-0.25, -0.2) is 0 Å². The molecule has 21 heavy (non-hydrogen) atoms. The Kier molecular flexibility index (Phi) is 4.37. The molecular weight excluding hydrogens is 256 g/mol. The molecule has 0 unspecified atom stereocenters. The summed E-state index contributed by atoms with van der Waals surface area (Å²) in [6, 6.07) is 21.7. The van der Waals surface area contributed by atoms with Crippen molar-refractivity contribution in [3.05, 3.63) is 71.8 Å². The molecule has 0 spiro atoms. The fourth-order valence-corrected chi connectivity index (χ4v) is 3.73. The molecule has 0 radical (unpaired) electrons. The maximum absolute atomic E-state index is 6.29. The minimum atomic E-state index is 0.161. The van der Waals surface area contributed by atoms with Crippen LogP contribution >= 0.6 is 0 Å². The van der Waals surface area contributed by atoms with Gasteiger partial charge in [0.05, 0.1) is 0 Å². The van der Waals surface area contributed by atoms with Gasteiger partial charge in [0, 0.05) is 5.92 Å². The molecular formula is C19H24N2. The molecule has 2 aromatic carbocycles. The van der Waals surface area contributed by atoms with E-state index in [0.717, 1.165) is 32.5 Å². The first kappa shape index (κ1) is 14.3. The first-order valence-corrected chi connectivity index (χ1v) is 7.86. The van der Waals surface area contributed by atoms with E-state index in [1.165, 1.54) is 11.1 Å². The van der Waals surface area contributed by atoms with Crippen LogP contribution in [0.15, 0.2) is 60.7 Å². The van der Waals surface area contributed by atoms with Gasteiger partial charge in [-0.3, -0.25) is 0 Å². The average Bonchev–Trinajstić information content (AvgIpc) is 2.58. The van der Waals surface area contributed by atoms with Crippen LogP contribution < -0.4 is 11.1 Å². The van der Waals surface area contributed by atoms with Gasteiger partial charge in [-0.1, -0.05) is 60.7 Å². The van der Waals surface area contributed by atoms with Gasteiger partial charge in [-0.2, -0.15) is 0 Å². The van der Waals surface area contributed by atoms with Gasteiger partial charge in [-0.05, 0) is 49.0 Å². The van der Waals surface area contributed by atoms with E-state index in [2.05, 4.69) is 66.0 Å². The quantitative estimate of drug-likeness (QED) is 0.903. The van der Waals surface area contributed by atoms with Crippen LogP contribution in [0.2, 0.25) is 0 Å². The molecule has 0 saturated carbocycles. The molecule has 1 aliphatic heterocycles. The molecule has 110 valence electrons. The third-order valence-electron chi connectivity index (χ3n) is 4.88. The van der Waals surface area contributed by atoms with Crippen molar-refractivity contribution in [1.82, 2.24) is 5.32 Å². The Hall–Kier alpha value is -1.64. The van der Waals surface area contributed by atoms with Crippen LogP contribution in [0.4, 0.5) is 0 Å². The Morgan fingerprint density at radius 3 is 1.76 bits per heavy atom. The lowest BCUT2D eigenvalue weighted by Crippen LogP contribution is -2.45. The molecule has 1 heterocycles. The lowest BCUT2D eigenvalue weighted by atomic mass is 9.64. The highest BCUT2D eigenvalue weighted by Gasteiger charge is 2.40. The molecule has 2 heteroatoms. The first-order chi connectivity index (χ1) is 10.4. The smallest absolute Gasteiger partial charge is 0.0159 e. The van der Waals surface area contributed by atoms with Crippen molar-refractivity contribution in [2.24, 2.45) is 11.1 Å². The first-order valence-electron chi connectivity index (χ1n) is 7.86. The number of hydrogen-bond acceptors (Lipinski definition) is 2. The summed E-state index contributed by atoms with van der Waals surface area (Å²) in [4.78, 5) is 0. The van der Waals surface area contributed by atoms with Crippen molar-refractivity contribution in [1.29, 1.82) is 0 Å². The average molecular weight is 280 g/mol. The zero-order valence-electron chi connectivity index (χ0n) is 12.5. The Labute approximate surface area is 127 Å². The minimum Gasteiger partial charge on any atom is -0.330 e. The standard InChI is InChI=1S/C19H24N2/c20-15-19(11-13-21-14-12-19)18(16-7-3-1-4-8-16)17-9-5-2-6-10-17/h1-10,18,21H,11-15,20H2. The highest BCUT2D eigenvalue weighted by atomic mass is 14.9. The molecule has 0 amide bonds. The third-order valence-corrected chi connectivity index (χ3v) is 4.88. The van der Waals surface area contributed by atoms with Gasteiger partial charge >= 0.3 is 0 Å². The number of piperidine rings is 1. The zero-order valence-corrected chi connectivity index (χ0v) is 12.5. The van der Waals surface area contributed by atoms with Gasteiger partial charge in [0.2, 0.25) is 0 Å². The minimum absolute atomic E-state index is 0.161. The molecule has 0 aliphatic carbocycles. The van der Waals surface area contributed by atoms with E-state index >= 15 is 0 Å². The Bertz CT molecular complexity index is 505. The normalized spacial score (nSPS) is 17.8. The van der Waals surface area contributed by atoms with Crippen LogP contribution in [0, 0.1) is 5.41 Å². The molecule has 2 nitrogen and oxygen atoms in total. The number of hydrogen-bond donors (Lipinski definition) is 2. The second kappa shape index (κ2) is 6.42. The van der Waals surface area contributed by atoms with E-state index in [1.54, 1.807) is 0 Å². The molecule has 1 aliphatic rings. The van der Waals surface area contributed by atoms with E-state index < -0.39 is 0 Å². The van der Waals surface area contributed by atoms with Crippen LogP contribution in [-0.2, 0) is 0 Å². The van der Waals surface area contributed by atoms with Crippen LogP contribution in [-0.4, -0.2) is 19.6 Å². The van der Waals surface area contributed by atoms with Crippen LogP contribution in [0.5, 0.6) is 0 Å². The van der Waals surface area contributed by atoms with Crippen molar-refractivity contribution in [2.75, 3.05) is 19.6 Å². The van der Waals surface area contributed by atoms with Gasteiger partial charge in [0.25, 0.3) is 0 Å². The third kappa shape index (κ3) is 2.87. The number of rotatable bonds is 4. The summed E-state index contributed by atoms with van der Waals surface area (Å²) in [5, 5.41) is 3.48. The summed E-state index contributed by atoms with van der Waals surface area (Å²) in [5.41, 5.74) is 9.22. The monoisotopic (exact) mass is 280 g/mol. The molecule has 0 aromatic heterocycles. The van der Waals surface area contributed by atoms with E-state index in [-0.39, 0.29) is 5.41 Å². The predicted molar refractivity (Wildman–Crippen MR) is 88.3 cm³/mol. The highest BCUT2D eigenvalue weighted by molar-refractivity contribution is 5.35. The van der Waals surface area contributed by atoms with Gasteiger partial charge in [0.15, 0.2) is 0 Å². The van der Waals surface area contributed by atoms with E-state index in [4.69, 9.17) is 5.73 Å².